The summed E-state index contributed by atoms with van der Waals surface area (Å²) in [6.45, 7) is 9.88. The number of fused-ring (bicyclic) bond motifs is 1. The normalized spacial score (nSPS) is 15.4. The summed E-state index contributed by atoms with van der Waals surface area (Å²) >= 11 is 3.62. The van der Waals surface area contributed by atoms with Gasteiger partial charge in [-0.1, -0.05) is 60.1 Å². The Hall–Kier alpha value is -2.64. The number of hydrogen-bond donors (Lipinski definition) is 1. The SMILES string of the molecule is CC(C)c1nccn1CCC(=O)N1CCN(Cc2ccccc2)CCCNc2ccc(Br)cc2C1. The summed E-state index contributed by atoms with van der Waals surface area (Å²) in [5.41, 5.74) is 3.57. The first-order valence-corrected chi connectivity index (χ1v) is 13.4. The lowest BCUT2D eigenvalue weighted by atomic mass is 10.1. The number of carbonyl (C=O) groups excluding carboxylic acids is 1. The maximum Gasteiger partial charge on any atom is 0.224 e. The van der Waals surface area contributed by atoms with Crippen molar-refractivity contribution < 1.29 is 4.79 Å². The number of imidazole rings is 1. The Morgan fingerprint density at radius 2 is 1.94 bits per heavy atom. The van der Waals surface area contributed by atoms with Crippen LogP contribution in [0.3, 0.4) is 0 Å². The van der Waals surface area contributed by atoms with Gasteiger partial charge in [0.25, 0.3) is 0 Å². The van der Waals surface area contributed by atoms with E-state index in [0.29, 0.717) is 32.0 Å². The predicted molar refractivity (Wildman–Crippen MR) is 145 cm³/mol. The first kappa shape index (κ1) is 25.5. The summed E-state index contributed by atoms with van der Waals surface area (Å²) in [4.78, 5) is 22.5. The maximum absolute atomic E-state index is 13.5. The molecule has 35 heavy (non-hydrogen) atoms. The summed E-state index contributed by atoms with van der Waals surface area (Å²) in [5.74, 6) is 1.54. The highest BCUT2D eigenvalue weighted by Crippen LogP contribution is 2.24. The fourth-order valence-electron chi connectivity index (χ4n) is 4.65. The van der Waals surface area contributed by atoms with Crippen molar-refractivity contribution in [3.05, 3.63) is 82.3 Å². The van der Waals surface area contributed by atoms with Gasteiger partial charge in [0.05, 0.1) is 0 Å². The lowest BCUT2D eigenvalue weighted by Gasteiger charge is -2.28. The highest BCUT2D eigenvalue weighted by Gasteiger charge is 2.19. The number of nitrogens with zero attached hydrogens (tertiary/aromatic N) is 4. The van der Waals surface area contributed by atoms with Crippen LogP contribution in [0.4, 0.5) is 5.69 Å². The average Bonchev–Trinajstić information content (AvgIpc) is 3.32. The molecule has 0 saturated carbocycles. The van der Waals surface area contributed by atoms with Crippen molar-refractivity contribution in [3.63, 3.8) is 0 Å². The molecule has 186 valence electrons. The molecule has 3 aromatic rings. The molecule has 7 heteroatoms. The average molecular weight is 539 g/mol. The minimum atomic E-state index is 0.179. The number of aryl methyl sites for hydroxylation is 1. The summed E-state index contributed by atoms with van der Waals surface area (Å²) < 4.78 is 3.15. The van der Waals surface area contributed by atoms with E-state index >= 15 is 0 Å². The van der Waals surface area contributed by atoms with Crippen molar-refractivity contribution >= 4 is 27.5 Å². The number of anilines is 1. The van der Waals surface area contributed by atoms with Gasteiger partial charge < -0.3 is 14.8 Å². The summed E-state index contributed by atoms with van der Waals surface area (Å²) in [6, 6.07) is 16.9. The lowest BCUT2D eigenvalue weighted by Crippen LogP contribution is -2.38. The van der Waals surface area contributed by atoms with Gasteiger partial charge in [0.15, 0.2) is 0 Å². The van der Waals surface area contributed by atoms with Crippen molar-refractivity contribution in [1.29, 1.82) is 0 Å². The molecule has 0 saturated heterocycles. The van der Waals surface area contributed by atoms with Gasteiger partial charge in [-0.3, -0.25) is 9.69 Å². The third-order valence-corrected chi connectivity index (χ3v) is 7.01. The van der Waals surface area contributed by atoms with Crippen molar-refractivity contribution in [2.75, 3.05) is 31.5 Å². The number of benzene rings is 2. The third kappa shape index (κ3) is 7.18. The molecule has 0 spiro atoms. The first-order valence-electron chi connectivity index (χ1n) is 12.6. The maximum atomic E-state index is 13.5. The number of rotatable bonds is 6. The van der Waals surface area contributed by atoms with Gasteiger partial charge in [-0.25, -0.2) is 4.98 Å². The standard InChI is InChI=1S/C28H36BrN5O/c1-22(2)28-31-13-16-33(28)15-11-27(35)34-18-17-32(20-23-7-4-3-5-8-23)14-6-12-30-26-10-9-25(29)19-24(26)21-34/h3-5,7-10,13,16,19,22,30H,6,11-12,14-15,17-18,20-21H2,1-2H3. The zero-order valence-electron chi connectivity index (χ0n) is 20.8. The number of nitrogens with one attached hydrogen (secondary N) is 1. The van der Waals surface area contributed by atoms with Crippen LogP contribution in [0.1, 0.15) is 49.6 Å². The predicted octanol–water partition coefficient (Wildman–Crippen LogP) is 5.51. The zero-order chi connectivity index (χ0) is 24.6. The molecule has 0 radical (unpaired) electrons. The Labute approximate surface area is 217 Å². The number of amides is 1. The molecule has 1 amide bonds. The molecule has 0 unspecified atom stereocenters. The van der Waals surface area contributed by atoms with Crippen molar-refractivity contribution in [1.82, 2.24) is 19.4 Å². The van der Waals surface area contributed by atoms with Crippen molar-refractivity contribution in [3.8, 4) is 0 Å². The second-order valence-electron chi connectivity index (χ2n) is 9.54. The molecular formula is C28H36BrN5O. The fourth-order valence-corrected chi connectivity index (χ4v) is 5.06. The minimum absolute atomic E-state index is 0.179. The van der Waals surface area contributed by atoms with E-state index in [1.54, 1.807) is 0 Å². The van der Waals surface area contributed by atoms with Gasteiger partial charge in [-0.15, -0.1) is 0 Å². The Balaban J connectivity index is 1.51. The van der Waals surface area contributed by atoms with Gasteiger partial charge >= 0.3 is 0 Å². The topological polar surface area (TPSA) is 53.4 Å². The molecular weight excluding hydrogens is 502 g/mol. The first-order chi connectivity index (χ1) is 17.0. The monoisotopic (exact) mass is 537 g/mol. The number of hydrogen-bond acceptors (Lipinski definition) is 4. The molecule has 6 nitrogen and oxygen atoms in total. The minimum Gasteiger partial charge on any atom is -0.385 e. The molecule has 0 bridgehead atoms. The lowest BCUT2D eigenvalue weighted by molar-refractivity contribution is -0.132. The van der Waals surface area contributed by atoms with Crippen LogP contribution in [-0.2, 0) is 24.4 Å². The summed E-state index contributed by atoms with van der Waals surface area (Å²) in [6.07, 6.45) is 5.32. The van der Waals surface area contributed by atoms with Crippen LogP contribution in [0, 0.1) is 0 Å². The molecule has 1 aromatic heterocycles. The largest absolute Gasteiger partial charge is 0.385 e. The second kappa shape index (κ2) is 12.4. The van der Waals surface area contributed by atoms with Gasteiger partial charge in [0, 0.05) is 80.7 Å². The van der Waals surface area contributed by atoms with Gasteiger partial charge in [0.1, 0.15) is 5.82 Å². The zero-order valence-corrected chi connectivity index (χ0v) is 22.4. The smallest absolute Gasteiger partial charge is 0.224 e. The number of carbonyl (C=O) groups is 1. The Kier molecular flexibility index (Phi) is 8.99. The van der Waals surface area contributed by atoms with E-state index in [0.717, 1.165) is 54.1 Å². The second-order valence-corrected chi connectivity index (χ2v) is 10.5. The molecule has 0 atom stereocenters. The Morgan fingerprint density at radius 3 is 2.74 bits per heavy atom. The molecule has 0 aliphatic carbocycles. The van der Waals surface area contributed by atoms with Gasteiger partial charge in [0.2, 0.25) is 5.91 Å². The van der Waals surface area contributed by atoms with Gasteiger partial charge in [-0.05, 0) is 35.7 Å². The van der Waals surface area contributed by atoms with E-state index in [1.165, 1.54) is 5.56 Å². The highest BCUT2D eigenvalue weighted by molar-refractivity contribution is 9.10. The molecule has 1 aliphatic rings. The van der Waals surface area contributed by atoms with E-state index in [9.17, 15) is 4.79 Å². The van der Waals surface area contributed by atoms with Crippen LogP contribution in [0.2, 0.25) is 0 Å². The van der Waals surface area contributed by atoms with Gasteiger partial charge in [-0.2, -0.15) is 0 Å². The molecule has 4 rings (SSSR count). The van der Waals surface area contributed by atoms with Crippen molar-refractivity contribution in [2.45, 2.75) is 52.2 Å². The van der Waals surface area contributed by atoms with E-state index < -0.39 is 0 Å². The van der Waals surface area contributed by atoms with Crippen molar-refractivity contribution in [2.24, 2.45) is 0 Å². The van der Waals surface area contributed by atoms with E-state index in [4.69, 9.17) is 0 Å². The quantitative estimate of drug-likeness (QED) is 0.450. The van der Waals surface area contributed by atoms with E-state index in [1.807, 2.05) is 17.3 Å². The van der Waals surface area contributed by atoms with Crippen LogP contribution < -0.4 is 5.32 Å². The van der Waals surface area contributed by atoms with Crippen LogP contribution >= 0.6 is 15.9 Å². The Morgan fingerprint density at radius 1 is 1.11 bits per heavy atom. The van der Waals surface area contributed by atoms with Crippen LogP contribution in [0.15, 0.2) is 65.4 Å². The highest BCUT2D eigenvalue weighted by atomic mass is 79.9. The van der Waals surface area contributed by atoms with Crippen LogP contribution in [0.5, 0.6) is 0 Å². The molecule has 1 aliphatic heterocycles. The fraction of sp³-hybridized carbons (Fsp3) is 0.429. The Bertz CT molecular complexity index is 1100. The van der Waals surface area contributed by atoms with E-state index in [2.05, 4.69) is 98.1 Å². The summed E-state index contributed by atoms with van der Waals surface area (Å²) in [5, 5.41) is 3.61. The molecule has 1 N–H and O–H groups in total. The van der Waals surface area contributed by atoms with E-state index in [-0.39, 0.29) is 5.91 Å². The van der Waals surface area contributed by atoms with Crippen LogP contribution in [0.25, 0.3) is 0 Å². The molecule has 0 fully saturated rings. The number of halogens is 1. The number of aromatic nitrogens is 2. The molecule has 2 heterocycles. The summed E-state index contributed by atoms with van der Waals surface area (Å²) in [7, 11) is 0. The molecule has 2 aromatic carbocycles. The van der Waals surface area contributed by atoms with Crippen LogP contribution in [-0.4, -0.2) is 51.4 Å². The third-order valence-electron chi connectivity index (χ3n) is 6.51.